The van der Waals surface area contributed by atoms with Crippen LogP contribution in [-0.2, 0) is 40.7 Å². The number of halogens is 1. The smallest absolute Gasteiger partial charge is 0.235 e. The molecule has 32 heavy (non-hydrogen) atoms. The molecule has 4 rings (SSSR count). The number of benzene rings is 1. The molecule has 0 bridgehead atoms. The van der Waals surface area contributed by atoms with E-state index in [0.29, 0.717) is 29.2 Å². The first-order valence-corrected chi connectivity index (χ1v) is 12.6. The summed E-state index contributed by atoms with van der Waals surface area (Å²) in [6.07, 6.45) is 4.64. The number of amides is 1. The third-order valence-electron chi connectivity index (χ3n) is 5.26. The zero-order chi connectivity index (χ0) is 22.9. The van der Waals surface area contributed by atoms with Gasteiger partial charge in [-0.05, 0) is 35.7 Å². The Morgan fingerprint density at radius 1 is 1.31 bits per heavy atom. The van der Waals surface area contributed by atoms with Gasteiger partial charge in [0, 0.05) is 42.5 Å². The van der Waals surface area contributed by atoms with Crippen molar-refractivity contribution >= 4 is 32.3 Å². The minimum Gasteiger partial charge on any atom is -0.316 e. The van der Waals surface area contributed by atoms with E-state index in [0.717, 1.165) is 39.2 Å². The Hall–Kier alpha value is -3.00. The Kier molecular flexibility index (Phi) is 6.15. The number of nitrogens with zero attached hydrogens (tertiary/aromatic N) is 3. The van der Waals surface area contributed by atoms with Gasteiger partial charge in [-0.2, -0.15) is 5.26 Å². The molecule has 10 heteroatoms. The lowest BCUT2D eigenvalue weighted by Gasteiger charge is -2.27. The summed E-state index contributed by atoms with van der Waals surface area (Å²) in [4.78, 5) is 15.8. The number of nitrogens with one attached hydrogen (secondary N) is 1. The lowest BCUT2D eigenvalue weighted by Crippen LogP contribution is -2.29. The van der Waals surface area contributed by atoms with Crippen molar-refractivity contribution in [1.29, 1.82) is 5.26 Å². The van der Waals surface area contributed by atoms with Crippen LogP contribution < -0.4 is 5.32 Å². The monoisotopic (exact) mass is 472 g/mol. The highest BCUT2D eigenvalue weighted by Crippen LogP contribution is 2.37. The first-order valence-electron chi connectivity index (χ1n) is 9.91. The van der Waals surface area contributed by atoms with Gasteiger partial charge < -0.3 is 5.32 Å². The Morgan fingerprint density at radius 2 is 2.12 bits per heavy atom. The van der Waals surface area contributed by atoms with E-state index in [4.69, 9.17) is 0 Å². The van der Waals surface area contributed by atoms with Crippen molar-refractivity contribution in [3.05, 3.63) is 75.7 Å². The van der Waals surface area contributed by atoms with Crippen molar-refractivity contribution in [3.63, 3.8) is 0 Å². The Balaban J connectivity index is 1.46. The number of nitriles is 1. The Bertz CT molecular complexity index is 1320. The Morgan fingerprint density at radius 3 is 2.81 bits per heavy atom. The maximum absolute atomic E-state index is 13.5. The fraction of sp³-hybridized carbons (Fsp3) is 0.273. The van der Waals surface area contributed by atoms with Crippen LogP contribution in [0.4, 0.5) is 9.39 Å². The number of anilines is 1. The third kappa shape index (κ3) is 4.91. The molecular formula is C22H21FN4O3S2. The number of hydrogen-bond acceptors (Lipinski definition) is 6. The fourth-order valence-electron chi connectivity index (χ4n) is 3.76. The number of aromatic nitrogens is 1. The van der Waals surface area contributed by atoms with Gasteiger partial charge in [0.25, 0.3) is 0 Å². The maximum atomic E-state index is 13.5. The van der Waals surface area contributed by atoms with Crippen molar-refractivity contribution in [2.45, 2.75) is 25.9 Å². The highest BCUT2D eigenvalue weighted by atomic mass is 32.2. The van der Waals surface area contributed by atoms with Gasteiger partial charge in [0.05, 0.1) is 18.2 Å². The molecule has 1 aliphatic heterocycles. The van der Waals surface area contributed by atoms with Crippen molar-refractivity contribution in [2.24, 2.45) is 0 Å². The summed E-state index contributed by atoms with van der Waals surface area (Å²) in [7, 11) is -3.40. The van der Waals surface area contributed by atoms with Crippen LogP contribution in [0, 0.1) is 17.1 Å². The highest BCUT2D eigenvalue weighted by Gasteiger charge is 2.25. The van der Waals surface area contributed by atoms with E-state index < -0.39 is 10.0 Å². The summed E-state index contributed by atoms with van der Waals surface area (Å²) in [5, 5.41) is 13.1. The molecule has 0 radical (unpaired) electrons. The normalized spacial score (nSPS) is 14.0. The van der Waals surface area contributed by atoms with Gasteiger partial charge in [0.1, 0.15) is 16.9 Å². The Labute approximate surface area is 189 Å². The molecule has 0 aliphatic carbocycles. The molecule has 1 N–H and O–H groups in total. The number of rotatable bonds is 6. The second-order valence-corrected chi connectivity index (χ2v) is 10.7. The summed E-state index contributed by atoms with van der Waals surface area (Å²) < 4.78 is 37.7. The average Bonchev–Trinajstić information content (AvgIpc) is 3.31. The molecule has 1 aliphatic rings. The second-order valence-electron chi connectivity index (χ2n) is 7.75. The minimum atomic E-state index is -3.40. The summed E-state index contributed by atoms with van der Waals surface area (Å²) in [6, 6.07) is 10.3. The van der Waals surface area contributed by atoms with Gasteiger partial charge in [0.15, 0.2) is 0 Å². The standard InChI is InChI=1S/C22H21FN4O3S2/c1-32(29,30)27-8-5-16(13-27)10-21(28)25-22-18(11-24)19-14-26(7-6-20(19)31-22)12-15-3-2-4-17(23)9-15/h2-5,8-9,13H,6-7,10,12,14H2,1H3,(H,25,28). The molecule has 0 saturated heterocycles. The van der Waals surface area contributed by atoms with Crippen LogP contribution in [0.3, 0.4) is 0 Å². The van der Waals surface area contributed by atoms with Crippen LogP contribution in [0.15, 0.2) is 42.7 Å². The van der Waals surface area contributed by atoms with Crippen LogP contribution in [0.1, 0.15) is 27.1 Å². The van der Waals surface area contributed by atoms with Crippen molar-refractivity contribution in [2.75, 3.05) is 18.1 Å². The number of carbonyl (C=O) groups is 1. The number of hydrogen-bond donors (Lipinski definition) is 1. The van der Waals surface area contributed by atoms with Gasteiger partial charge in [-0.25, -0.2) is 12.8 Å². The zero-order valence-electron chi connectivity index (χ0n) is 17.3. The van der Waals surface area contributed by atoms with Crippen molar-refractivity contribution < 1.29 is 17.6 Å². The molecule has 0 atom stereocenters. The predicted octanol–water partition coefficient (Wildman–Crippen LogP) is 3.11. The summed E-state index contributed by atoms with van der Waals surface area (Å²) in [5.41, 5.74) is 2.79. The van der Waals surface area contributed by atoms with E-state index in [1.54, 1.807) is 12.1 Å². The largest absolute Gasteiger partial charge is 0.316 e. The number of thiophene rings is 1. The van der Waals surface area contributed by atoms with Crippen LogP contribution >= 0.6 is 11.3 Å². The minimum absolute atomic E-state index is 0.00164. The molecule has 3 aromatic rings. The van der Waals surface area contributed by atoms with E-state index in [9.17, 15) is 22.9 Å². The van der Waals surface area contributed by atoms with Crippen LogP contribution in [-0.4, -0.2) is 36.0 Å². The second kappa shape index (κ2) is 8.86. The van der Waals surface area contributed by atoms with E-state index in [1.165, 1.54) is 35.9 Å². The molecule has 0 spiro atoms. The predicted molar refractivity (Wildman–Crippen MR) is 120 cm³/mol. The molecule has 0 fully saturated rings. The molecule has 7 nitrogen and oxygen atoms in total. The van der Waals surface area contributed by atoms with Crippen LogP contribution in [0.5, 0.6) is 0 Å². The zero-order valence-corrected chi connectivity index (χ0v) is 19.0. The molecular weight excluding hydrogens is 451 g/mol. The molecule has 1 aromatic carbocycles. The van der Waals surface area contributed by atoms with Crippen molar-refractivity contribution in [1.82, 2.24) is 8.87 Å². The van der Waals surface area contributed by atoms with E-state index in [-0.39, 0.29) is 18.1 Å². The van der Waals surface area contributed by atoms with Crippen molar-refractivity contribution in [3.8, 4) is 6.07 Å². The average molecular weight is 473 g/mol. The first-order chi connectivity index (χ1) is 15.2. The third-order valence-corrected chi connectivity index (χ3v) is 7.46. The first kappa shape index (κ1) is 22.2. The molecule has 0 unspecified atom stereocenters. The van der Waals surface area contributed by atoms with Gasteiger partial charge >= 0.3 is 0 Å². The highest BCUT2D eigenvalue weighted by molar-refractivity contribution is 7.89. The molecule has 2 aromatic heterocycles. The lowest BCUT2D eigenvalue weighted by molar-refractivity contribution is -0.115. The van der Waals surface area contributed by atoms with Crippen LogP contribution in [0.2, 0.25) is 0 Å². The van der Waals surface area contributed by atoms with E-state index in [1.807, 2.05) is 6.07 Å². The van der Waals surface area contributed by atoms with Gasteiger partial charge in [-0.3, -0.25) is 13.7 Å². The van der Waals surface area contributed by atoms with Gasteiger partial charge in [-0.15, -0.1) is 11.3 Å². The molecule has 0 saturated carbocycles. The van der Waals surface area contributed by atoms with Gasteiger partial charge in [0.2, 0.25) is 15.9 Å². The topological polar surface area (TPSA) is 95.2 Å². The SMILES string of the molecule is CS(=O)(=O)n1ccc(CC(=O)Nc2sc3c(c2C#N)CN(Cc2cccc(F)c2)CC3)c1. The van der Waals surface area contributed by atoms with E-state index >= 15 is 0 Å². The molecule has 3 heterocycles. The summed E-state index contributed by atoms with van der Waals surface area (Å²) in [5.74, 6) is -0.590. The summed E-state index contributed by atoms with van der Waals surface area (Å²) in [6.45, 7) is 1.91. The van der Waals surface area contributed by atoms with Gasteiger partial charge in [-0.1, -0.05) is 12.1 Å². The maximum Gasteiger partial charge on any atom is 0.235 e. The van der Waals surface area contributed by atoms with E-state index in [2.05, 4.69) is 16.3 Å². The number of carbonyl (C=O) groups excluding carboxylic acids is 1. The molecule has 166 valence electrons. The molecule has 1 amide bonds. The van der Waals surface area contributed by atoms with Crippen LogP contribution in [0.25, 0.3) is 0 Å². The quantitative estimate of drug-likeness (QED) is 0.595. The summed E-state index contributed by atoms with van der Waals surface area (Å²) >= 11 is 1.40. The fourth-order valence-corrected chi connectivity index (χ4v) is 5.54. The lowest BCUT2D eigenvalue weighted by atomic mass is 10.0. The number of fused-ring (bicyclic) bond motifs is 1.